The number of thioether (sulfide) groups is 1. The molecule has 0 aromatic rings. The molecule has 0 rings (SSSR count). The molecule has 0 radical (unpaired) electrons. The molecule has 1 heteroatoms. The summed E-state index contributed by atoms with van der Waals surface area (Å²) in [6.07, 6.45) is 6.99. The van der Waals surface area contributed by atoms with E-state index in [1.807, 2.05) is 11.8 Å². The Balaban J connectivity index is 3.50. The van der Waals surface area contributed by atoms with Gasteiger partial charge in [-0.05, 0) is 30.4 Å². The van der Waals surface area contributed by atoms with Crippen LogP contribution in [0.25, 0.3) is 0 Å². The van der Waals surface area contributed by atoms with E-state index < -0.39 is 0 Å². The second-order valence-electron chi connectivity index (χ2n) is 2.77. The van der Waals surface area contributed by atoms with Crippen LogP contribution < -0.4 is 0 Å². The minimum atomic E-state index is 0.849. The molecule has 0 spiro atoms. The van der Waals surface area contributed by atoms with E-state index >= 15 is 0 Å². The summed E-state index contributed by atoms with van der Waals surface area (Å²) in [5, 5.41) is 0. The Hall–Kier alpha value is 0.0900. The summed E-state index contributed by atoms with van der Waals surface area (Å²) < 4.78 is 0. The Kier molecular flexibility index (Phi) is 5.90. The molecule has 0 amide bonds. The van der Waals surface area contributed by atoms with Gasteiger partial charge in [0.25, 0.3) is 0 Å². The van der Waals surface area contributed by atoms with Crippen molar-refractivity contribution in [2.75, 3.05) is 6.26 Å². The molecule has 0 aromatic carbocycles. The summed E-state index contributed by atoms with van der Waals surface area (Å²) in [6.45, 7) is 6.71. The summed E-state index contributed by atoms with van der Waals surface area (Å²) >= 11 is 1.84. The molecule has 0 saturated heterocycles. The number of allylic oxidation sites excluding steroid dienone is 2. The van der Waals surface area contributed by atoms with Crippen LogP contribution in [-0.4, -0.2) is 6.26 Å². The van der Waals surface area contributed by atoms with Gasteiger partial charge >= 0.3 is 0 Å². The van der Waals surface area contributed by atoms with Crippen molar-refractivity contribution < 1.29 is 0 Å². The zero-order valence-electron chi connectivity index (χ0n) is 7.48. The van der Waals surface area contributed by atoms with Crippen LogP contribution in [0.15, 0.2) is 11.0 Å². The third-order valence-corrected chi connectivity index (χ3v) is 2.64. The highest BCUT2D eigenvalue weighted by atomic mass is 32.2. The lowest BCUT2D eigenvalue weighted by molar-refractivity contribution is 0.571. The van der Waals surface area contributed by atoms with Gasteiger partial charge in [-0.25, -0.2) is 0 Å². The van der Waals surface area contributed by atoms with Gasteiger partial charge in [-0.2, -0.15) is 0 Å². The van der Waals surface area contributed by atoms with Crippen molar-refractivity contribution in [2.24, 2.45) is 5.92 Å². The van der Waals surface area contributed by atoms with Gasteiger partial charge in [0.15, 0.2) is 0 Å². The van der Waals surface area contributed by atoms with Crippen LogP contribution in [0.2, 0.25) is 0 Å². The Labute approximate surface area is 69.1 Å². The molecule has 0 aliphatic heterocycles. The van der Waals surface area contributed by atoms with Crippen LogP contribution in [0.1, 0.15) is 33.6 Å². The SMILES string of the molecule is CCC(C)CC=C(C)SC. The van der Waals surface area contributed by atoms with E-state index in [-0.39, 0.29) is 0 Å². The predicted molar refractivity (Wildman–Crippen MR) is 51.3 cm³/mol. The average molecular weight is 158 g/mol. The first kappa shape index (κ1) is 10.1. The van der Waals surface area contributed by atoms with E-state index in [4.69, 9.17) is 0 Å². The van der Waals surface area contributed by atoms with E-state index in [9.17, 15) is 0 Å². The van der Waals surface area contributed by atoms with Gasteiger partial charge in [0.05, 0.1) is 0 Å². The van der Waals surface area contributed by atoms with E-state index in [1.165, 1.54) is 17.7 Å². The molecule has 1 unspecified atom stereocenters. The maximum atomic E-state index is 2.33. The first-order valence-corrected chi connectivity index (χ1v) is 5.13. The molecule has 1 atom stereocenters. The highest BCUT2D eigenvalue weighted by Gasteiger charge is 1.94. The number of hydrogen-bond donors (Lipinski definition) is 0. The lowest BCUT2D eigenvalue weighted by Crippen LogP contribution is -1.88. The molecule has 0 fully saturated rings. The monoisotopic (exact) mass is 158 g/mol. The molecule has 0 aliphatic rings. The van der Waals surface area contributed by atoms with Crippen molar-refractivity contribution >= 4 is 11.8 Å². The number of hydrogen-bond acceptors (Lipinski definition) is 1. The van der Waals surface area contributed by atoms with E-state index in [0.717, 1.165) is 5.92 Å². The third kappa shape index (κ3) is 4.92. The maximum absolute atomic E-state index is 2.33. The first-order valence-electron chi connectivity index (χ1n) is 3.91. The van der Waals surface area contributed by atoms with Gasteiger partial charge in [-0.1, -0.05) is 26.3 Å². The lowest BCUT2D eigenvalue weighted by atomic mass is 10.1. The largest absolute Gasteiger partial charge is 0.135 e. The molecular formula is C9H18S. The zero-order valence-corrected chi connectivity index (χ0v) is 8.29. The van der Waals surface area contributed by atoms with Crippen LogP contribution in [0, 0.1) is 5.92 Å². The normalized spacial score (nSPS) is 15.4. The molecule has 0 N–H and O–H groups in total. The van der Waals surface area contributed by atoms with E-state index in [0.29, 0.717) is 0 Å². The van der Waals surface area contributed by atoms with Crippen molar-refractivity contribution in [3.8, 4) is 0 Å². The third-order valence-electron chi connectivity index (χ3n) is 1.83. The van der Waals surface area contributed by atoms with Gasteiger partial charge < -0.3 is 0 Å². The smallest absolute Gasteiger partial charge is 0.0140 e. The molecular weight excluding hydrogens is 140 g/mol. The van der Waals surface area contributed by atoms with Crippen LogP contribution in [0.3, 0.4) is 0 Å². The summed E-state index contributed by atoms with van der Waals surface area (Å²) in [4.78, 5) is 1.44. The Morgan fingerprint density at radius 2 is 2.20 bits per heavy atom. The van der Waals surface area contributed by atoms with Crippen LogP contribution in [-0.2, 0) is 0 Å². The van der Waals surface area contributed by atoms with Crippen LogP contribution in [0.5, 0.6) is 0 Å². The zero-order chi connectivity index (χ0) is 7.98. The minimum Gasteiger partial charge on any atom is -0.135 e. The lowest BCUT2D eigenvalue weighted by Gasteiger charge is -2.03. The topological polar surface area (TPSA) is 0 Å². The summed E-state index contributed by atoms with van der Waals surface area (Å²) in [7, 11) is 0. The summed E-state index contributed by atoms with van der Waals surface area (Å²) in [5.41, 5.74) is 0. The molecule has 0 saturated carbocycles. The van der Waals surface area contributed by atoms with Gasteiger partial charge in [0, 0.05) is 0 Å². The summed E-state index contributed by atoms with van der Waals surface area (Å²) in [5.74, 6) is 0.849. The van der Waals surface area contributed by atoms with Crippen LogP contribution >= 0.6 is 11.8 Å². The Morgan fingerprint density at radius 1 is 1.60 bits per heavy atom. The molecule has 0 heterocycles. The van der Waals surface area contributed by atoms with Gasteiger partial charge in [-0.3, -0.25) is 0 Å². The van der Waals surface area contributed by atoms with Gasteiger partial charge in [0.2, 0.25) is 0 Å². The minimum absolute atomic E-state index is 0.849. The highest BCUT2D eigenvalue weighted by molar-refractivity contribution is 8.02. The molecule has 0 aromatic heterocycles. The summed E-state index contributed by atoms with van der Waals surface area (Å²) in [6, 6.07) is 0. The fourth-order valence-corrected chi connectivity index (χ4v) is 0.880. The van der Waals surface area contributed by atoms with E-state index in [2.05, 4.69) is 33.1 Å². The Morgan fingerprint density at radius 3 is 2.60 bits per heavy atom. The quantitative estimate of drug-likeness (QED) is 0.601. The Bertz CT molecular complexity index is 105. The van der Waals surface area contributed by atoms with Crippen molar-refractivity contribution in [1.82, 2.24) is 0 Å². The van der Waals surface area contributed by atoms with Crippen LogP contribution in [0.4, 0.5) is 0 Å². The number of rotatable bonds is 4. The average Bonchev–Trinajstić information content (AvgIpc) is 1.99. The molecule has 60 valence electrons. The van der Waals surface area contributed by atoms with Crippen molar-refractivity contribution in [3.63, 3.8) is 0 Å². The molecule has 0 aliphatic carbocycles. The predicted octanol–water partition coefficient (Wildman–Crippen LogP) is 3.69. The van der Waals surface area contributed by atoms with Crippen molar-refractivity contribution in [3.05, 3.63) is 11.0 Å². The molecule has 0 bridgehead atoms. The fourth-order valence-electron chi connectivity index (χ4n) is 0.617. The standard InChI is InChI=1S/C9H18S/c1-5-8(2)6-7-9(3)10-4/h7-8H,5-6H2,1-4H3. The molecule has 10 heavy (non-hydrogen) atoms. The first-order chi connectivity index (χ1) is 4.70. The second-order valence-corrected chi connectivity index (χ2v) is 3.82. The van der Waals surface area contributed by atoms with Gasteiger partial charge in [0.1, 0.15) is 0 Å². The van der Waals surface area contributed by atoms with Gasteiger partial charge in [-0.15, -0.1) is 11.8 Å². The maximum Gasteiger partial charge on any atom is -0.0140 e. The molecule has 0 nitrogen and oxygen atoms in total. The fraction of sp³-hybridized carbons (Fsp3) is 0.778. The second kappa shape index (κ2) is 5.84. The van der Waals surface area contributed by atoms with Crippen molar-refractivity contribution in [2.45, 2.75) is 33.6 Å². The highest BCUT2D eigenvalue weighted by Crippen LogP contribution is 2.14. The van der Waals surface area contributed by atoms with Crippen molar-refractivity contribution in [1.29, 1.82) is 0 Å². The van der Waals surface area contributed by atoms with E-state index in [1.54, 1.807) is 0 Å².